The Hall–Kier alpha value is -3.39. The predicted octanol–water partition coefficient (Wildman–Crippen LogP) is 2.12. The number of ether oxygens (including phenoxy) is 3. The third-order valence-electron chi connectivity index (χ3n) is 6.28. The van der Waals surface area contributed by atoms with Gasteiger partial charge in [0.15, 0.2) is 6.04 Å². The molecule has 0 aliphatic carbocycles. The van der Waals surface area contributed by atoms with Crippen molar-refractivity contribution in [1.82, 2.24) is 9.80 Å². The van der Waals surface area contributed by atoms with Crippen molar-refractivity contribution in [3.05, 3.63) is 71.8 Å². The highest BCUT2D eigenvalue weighted by Crippen LogP contribution is 2.42. The van der Waals surface area contributed by atoms with Gasteiger partial charge in [0, 0.05) is 0 Å². The highest BCUT2D eigenvalue weighted by atomic mass is 16.6. The minimum atomic E-state index is -0.830. The molecule has 3 aliphatic heterocycles. The van der Waals surface area contributed by atoms with E-state index in [0.717, 1.165) is 11.1 Å². The van der Waals surface area contributed by atoms with E-state index in [1.807, 2.05) is 60.7 Å². The average Bonchev–Trinajstić information content (AvgIpc) is 3.18. The highest BCUT2D eigenvalue weighted by Gasteiger charge is 2.67. The summed E-state index contributed by atoms with van der Waals surface area (Å²) in [6.07, 6.45) is -1.44. The van der Waals surface area contributed by atoms with Gasteiger partial charge in [0.2, 0.25) is 5.91 Å². The zero-order valence-electron chi connectivity index (χ0n) is 17.6. The van der Waals surface area contributed by atoms with Gasteiger partial charge in [-0.05, 0) is 18.1 Å². The van der Waals surface area contributed by atoms with Crippen LogP contribution in [0, 0.1) is 0 Å². The van der Waals surface area contributed by atoms with Gasteiger partial charge in [-0.25, -0.2) is 9.59 Å². The van der Waals surface area contributed by atoms with E-state index in [0.29, 0.717) is 0 Å². The van der Waals surface area contributed by atoms with Gasteiger partial charge in [0.05, 0.1) is 24.8 Å². The second-order valence-corrected chi connectivity index (χ2v) is 8.29. The lowest BCUT2D eigenvalue weighted by Crippen LogP contribution is -2.77. The van der Waals surface area contributed by atoms with Gasteiger partial charge in [-0.15, -0.1) is 0 Å². The summed E-state index contributed by atoms with van der Waals surface area (Å²) in [5.74, 6) is -0.775. The molecule has 3 aliphatic rings. The van der Waals surface area contributed by atoms with Crippen molar-refractivity contribution in [3.63, 3.8) is 0 Å². The van der Waals surface area contributed by atoms with Crippen LogP contribution in [0.2, 0.25) is 0 Å². The molecule has 8 heteroatoms. The Morgan fingerprint density at radius 1 is 0.969 bits per heavy atom. The van der Waals surface area contributed by atoms with Crippen LogP contribution in [-0.2, 0) is 37.0 Å². The topological polar surface area (TPSA) is 85.4 Å². The quantitative estimate of drug-likeness (QED) is 0.527. The van der Waals surface area contributed by atoms with Crippen molar-refractivity contribution in [2.24, 2.45) is 0 Å². The molecule has 32 heavy (non-hydrogen) atoms. The lowest BCUT2D eigenvalue weighted by atomic mass is 9.87. The Kier molecular flexibility index (Phi) is 5.30. The number of carbonyl (C=O) groups is 3. The smallest absolute Gasteiger partial charge is 0.410 e. The molecule has 0 N–H and O–H groups in total. The number of amides is 2. The number of morpholine rings is 1. The molecule has 2 amide bonds. The molecule has 2 aromatic rings. The number of hydrogen-bond donors (Lipinski definition) is 0. The standard InChI is InChI=1S/C24H24N2O6/c1-15-19(23(28)30-13-16-8-4-2-5-9-16)26-20-18(32-15)12-25(21(20)22(26)27)24(29)31-14-17-10-6-3-7-11-17/h2-11,15,18-21H,12-14H2,1H3/t15?,18-,19?,20?,21+/m1/s1. The first-order valence-electron chi connectivity index (χ1n) is 10.7. The lowest BCUT2D eigenvalue weighted by Gasteiger charge is -2.53. The third-order valence-corrected chi connectivity index (χ3v) is 6.28. The fourth-order valence-corrected chi connectivity index (χ4v) is 4.76. The monoisotopic (exact) mass is 436 g/mol. The molecule has 0 spiro atoms. The van der Waals surface area contributed by atoms with Crippen LogP contribution in [0.5, 0.6) is 0 Å². The van der Waals surface area contributed by atoms with Crippen molar-refractivity contribution in [1.29, 1.82) is 0 Å². The molecule has 5 atom stereocenters. The Morgan fingerprint density at radius 3 is 2.19 bits per heavy atom. The van der Waals surface area contributed by atoms with Gasteiger partial charge in [-0.2, -0.15) is 0 Å². The number of hydrogen-bond acceptors (Lipinski definition) is 6. The summed E-state index contributed by atoms with van der Waals surface area (Å²) in [4.78, 5) is 41.4. The van der Waals surface area contributed by atoms with Gasteiger partial charge >= 0.3 is 12.1 Å². The number of likely N-dealkylation sites (tertiary alicyclic amines) is 1. The molecule has 5 rings (SSSR count). The van der Waals surface area contributed by atoms with Crippen LogP contribution in [0.15, 0.2) is 60.7 Å². The maximum Gasteiger partial charge on any atom is 0.410 e. The molecule has 3 saturated heterocycles. The van der Waals surface area contributed by atoms with E-state index in [1.54, 1.807) is 6.92 Å². The van der Waals surface area contributed by atoms with Crippen molar-refractivity contribution in [2.45, 2.75) is 50.5 Å². The summed E-state index contributed by atoms with van der Waals surface area (Å²) in [5.41, 5.74) is 1.73. The fourth-order valence-electron chi connectivity index (χ4n) is 4.76. The van der Waals surface area contributed by atoms with E-state index in [1.165, 1.54) is 9.80 Å². The van der Waals surface area contributed by atoms with Gasteiger partial charge in [0.25, 0.3) is 0 Å². The normalized spacial score (nSPS) is 28.0. The number of benzene rings is 2. The van der Waals surface area contributed by atoms with Crippen LogP contribution in [0.1, 0.15) is 18.1 Å². The summed E-state index contributed by atoms with van der Waals surface area (Å²) >= 11 is 0. The summed E-state index contributed by atoms with van der Waals surface area (Å²) < 4.78 is 16.9. The molecule has 8 nitrogen and oxygen atoms in total. The van der Waals surface area contributed by atoms with Gasteiger partial charge in [0.1, 0.15) is 19.3 Å². The minimum absolute atomic E-state index is 0.125. The largest absolute Gasteiger partial charge is 0.459 e. The van der Waals surface area contributed by atoms with E-state index < -0.39 is 30.3 Å². The number of β-lactam (4-membered cyclic amide) rings is 1. The Balaban J connectivity index is 1.24. The predicted molar refractivity (Wildman–Crippen MR) is 112 cm³/mol. The molecular formula is C24H24N2O6. The first kappa shape index (κ1) is 20.5. The summed E-state index contributed by atoms with van der Waals surface area (Å²) in [5, 5.41) is 0. The molecule has 0 bridgehead atoms. The molecule has 3 unspecified atom stereocenters. The first-order valence-corrected chi connectivity index (χ1v) is 10.7. The Morgan fingerprint density at radius 2 is 1.56 bits per heavy atom. The Bertz CT molecular complexity index is 1010. The Labute approximate surface area is 185 Å². The number of rotatable bonds is 5. The summed E-state index contributed by atoms with van der Waals surface area (Å²) in [6.45, 7) is 2.26. The molecule has 3 fully saturated rings. The van der Waals surface area contributed by atoms with Crippen LogP contribution in [0.4, 0.5) is 4.79 Å². The third kappa shape index (κ3) is 3.50. The van der Waals surface area contributed by atoms with E-state index in [9.17, 15) is 14.4 Å². The molecular weight excluding hydrogens is 412 g/mol. The van der Waals surface area contributed by atoms with Crippen LogP contribution >= 0.6 is 0 Å². The highest BCUT2D eigenvalue weighted by molar-refractivity contribution is 5.97. The maximum absolute atomic E-state index is 13.0. The van der Waals surface area contributed by atoms with Crippen LogP contribution < -0.4 is 0 Å². The van der Waals surface area contributed by atoms with E-state index in [-0.39, 0.29) is 37.8 Å². The second-order valence-electron chi connectivity index (χ2n) is 8.29. The molecule has 3 heterocycles. The van der Waals surface area contributed by atoms with Gasteiger partial charge < -0.3 is 19.1 Å². The van der Waals surface area contributed by atoms with Crippen LogP contribution in [0.25, 0.3) is 0 Å². The van der Waals surface area contributed by atoms with E-state index >= 15 is 0 Å². The lowest BCUT2D eigenvalue weighted by molar-refractivity contribution is -0.202. The zero-order chi connectivity index (χ0) is 22.2. The van der Waals surface area contributed by atoms with E-state index in [2.05, 4.69) is 0 Å². The zero-order valence-corrected chi connectivity index (χ0v) is 17.6. The minimum Gasteiger partial charge on any atom is -0.459 e. The molecule has 0 aromatic heterocycles. The number of nitrogens with zero attached hydrogens (tertiary/aromatic N) is 2. The molecule has 2 aromatic carbocycles. The number of carbonyl (C=O) groups excluding carboxylic acids is 3. The number of esters is 1. The van der Waals surface area contributed by atoms with Crippen LogP contribution in [0.3, 0.4) is 0 Å². The van der Waals surface area contributed by atoms with Crippen molar-refractivity contribution >= 4 is 18.0 Å². The summed E-state index contributed by atoms with van der Waals surface area (Å²) in [7, 11) is 0. The van der Waals surface area contributed by atoms with Crippen molar-refractivity contribution in [2.75, 3.05) is 6.54 Å². The van der Waals surface area contributed by atoms with Gasteiger partial charge in [-0.3, -0.25) is 9.69 Å². The second kappa shape index (κ2) is 8.27. The molecule has 166 valence electrons. The van der Waals surface area contributed by atoms with Crippen LogP contribution in [-0.4, -0.2) is 64.6 Å². The maximum atomic E-state index is 13.0. The SMILES string of the molecule is CC1O[C@@H]2CN(C(=O)OCc3ccccc3)[C@@H]3C(=O)N(C1C(=O)OCc1ccccc1)C32. The fraction of sp³-hybridized carbons (Fsp3) is 0.375. The summed E-state index contributed by atoms with van der Waals surface area (Å²) in [6, 6.07) is 16.8. The first-order chi connectivity index (χ1) is 15.5. The van der Waals surface area contributed by atoms with Crippen molar-refractivity contribution in [3.8, 4) is 0 Å². The van der Waals surface area contributed by atoms with E-state index in [4.69, 9.17) is 14.2 Å². The molecule has 0 radical (unpaired) electrons. The van der Waals surface area contributed by atoms with Crippen molar-refractivity contribution < 1.29 is 28.6 Å². The van der Waals surface area contributed by atoms with Gasteiger partial charge in [-0.1, -0.05) is 60.7 Å². The molecule has 0 saturated carbocycles. The average molecular weight is 436 g/mol.